The fourth-order valence-electron chi connectivity index (χ4n) is 2.07. The van der Waals surface area contributed by atoms with Crippen LogP contribution >= 0.6 is 0 Å². The Hall–Kier alpha value is -1.70. The van der Waals surface area contributed by atoms with Crippen LogP contribution in [-0.4, -0.2) is 63.0 Å². The van der Waals surface area contributed by atoms with Gasteiger partial charge in [-0.1, -0.05) is 17.7 Å². The first-order valence-corrected chi connectivity index (χ1v) is 9.81. The number of nitrogens with one attached hydrogen (secondary N) is 1. The van der Waals surface area contributed by atoms with Gasteiger partial charge in [-0.15, -0.1) is 0 Å². The molecule has 10 nitrogen and oxygen atoms in total. The van der Waals surface area contributed by atoms with Gasteiger partial charge in [0, 0.05) is 29.6 Å². The standard InChI is InChI=1S/C14H14N2O8S2.Na/c1-9-3-5-10(6-4-9)25(19,20)15-11-7-14(26(21,22)23)12(16(17)18)8-13(11)24-2;/h3-8,15H,1-2H3,(H,21,22,23);. The Labute approximate surface area is 177 Å². The predicted octanol–water partition coefficient (Wildman–Crippen LogP) is 1.58. The summed E-state index contributed by atoms with van der Waals surface area (Å²) in [5, 5.41) is 11.0. The van der Waals surface area contributed by atoms with E-state index in [1.165, 1.54) is 12.1 Å². The monoisotopic (exact) mass is 425 g/mol. The van der Waals surface area contributed by atoms with E-state index in [0.717, 1.165) is 12.7 Å². The quantitative estimate of drug-likeness (QED) is 0.306. The molecule has 0 aliphatic carbocycles. The van der Waals surface area contributed by atoms with Gasteiger partial charge in [-0.05, 0) is 25.1 Å². The van der Waals surface area contributed by atoms with Crippen LogP contribution in [-0.2, 0) is 20.1 Å². The Bertz CT molecular complexity index is 1070. The summed E-state index contributed by atoms with van der Waals surface area (Å²) in [4.78, 5) is 8.81. The Kier molecular flexibility index (Phi) is 7.38. The van der Waals surface area contributed by atoms with E-state index in [2.05, 4.69) is 4.72 Å². The van der Waals surface area contributed by atoms with Crippen molar-refractivity contribution in [2.45, 2.75) is 16.7 Å². The minimum Gasteiger partial charge on any atom is -0.494 e. The molecule has 2 N–H and O–H groups in total. The molecule has 0 atom stereocenters. The molecular formula is C14H14N2NaO8S2. The second-order valence-corrected chi connectivity index (χ2v) is 8.24. The van der Waals surface area contributed by atoms with Gasteiger partial charge in [0.05, 0.1) is 28.7 Å². The van der Waals surface area contributed by atoms with Gasteiger partial charge in [0.2, 0.25) is 0 Å². The van der Waals surface area contributed by atoms with Crippen LogP contribution in [0.4, 0.5) is 11.4 Å². The summed E-state index contributed by atoms with van der Waals surface area (Å²) in [5.74, 6) is -0.292. The molecule has 13 heteroatoms. The number of rotatable bonds is 6. The molecule has 0 bridgehead atoms. The van der Waals surface area contributed by atoms with E-state index in [0.29, 0.717) is 12.1 Å². The summed E-state index contributed by atoms with van der Waals surface area (Å²) in [6.07, 6.45) is 0. The topological polar surface area (TPSA) is 153 Å². The molecule has 0 heterocycles. The van der Waals surface area contributed by atoms with E-state index in [-0.39, 0.29) is 45.9 Å². The van der Waals surface area contributed by atoms with E-state index in [9.17, 15) is 31.5 Å². The van der Waals surface area contributed by atoms with Crippen LogP contribution in [0, 0.1) is 17.0 Å². The third-order valence-corrected chi connectivity index (χ3v) is 5.60. The first-order chi connectivity index (χ1) is 12.0. The number of hydrogen-bond donors (Lipinski definition) is 2. The fraction of sp³-hybridized carbons (Fsp3) is 0.143. The van der Waals surface area contributed by atoms with Crippen LogP contribution in [0.5, 0.6) is 5.75 Å². The van der Waals surface area contributed by atoms with Crippen LogP contribution in [0.15, 0.2) is 46.2 Å². The first kappa shape index (κ1) is 23.3. The first-order valence-electron chi connectivity index (χ1n) is 6.89. The Balaban J connectivity index is 0.00000364. The van der Waals surface area contributed by atoms with Gasteiger partial charge in [0.25, 0.3) is 15.7 Å². The van der Waals surface area contributed by atoms with Crippen molar-refractivity contribution in [1.82, 2.24) is 0 Å². The van der Waals surface area contributed by atoms with Gasteiger partial charge in [-0.2, -0.15) is 8.42 Å². The Morgan fingerprint density at radius 2 is 1.67 bits per heavy atom. The molecule has 0 saturated heterocycles. The SMILES string of the molecule is COc1cc([N+](=O)[O-])c(S(=O)(=O)O)cc1NS(=O)(=O)c1ccc(C)cc1.[Na]. The second kappa shape index (κ2) is 8.54. The molecule has 2 rings (SSSR count). The van der Waals surface area contributed by atoms with Crippen LogP contribution in [0.25, 0.3) is 0 Å². The molecule has 0 fully saturated rings. The van der Waals surface area contributed by atoms with Crippen molar-refractivity contribution >= 4 is 61.1 Å². The maximum absolute atomic E-state index is 12.4. The van der Waals surface area contributed by atoms with Gasteiger partial charge in [-0.3, -0.25) is 19.4 Å². The summed E-state index contributed by atoms with van der Waals surface area (Å²) in [6, 6.07) is 7.11. The Morgan fingerprint density at radius 3 is 2.11 bits per heavy atom. The van der Waals surface area contributed by atoms with Crippen LogP contribution in [0.1, 0.15) is 5.56 Å². The third kappa shape index (κ3) is 5.40. The van der Waals surface area contributed by atoms with Crippen LogP contribution in [0.3, 0.4) is 0 Å². The molecule has 2 aromatic carbocycles. The van der Waals surface area contributed by atoms with Gasteiger partial charge in [0.1, 0.15) is 5.75 Å². The molecule has 27 heavy (non-hydrogen) atoms. The van der Waals surface area contributed by atoms with Crippen molar-refractivity contribution in [1.29, 1.82) is 0 Å². The summed E-state index contributed by atoms with van der Waals surface area (Å²) < 4.78 is 63.9. The minimum absolute atomic E-state index is 0. The van der Waals surface area contributed by atoms with Gasteiger partial charge < -0.3 is 4.74 Å². The van der Waals surface area contributed by atoms with Gasteiger partial charge >= 0.3 is 10.1 Å². The molecule has 0 aliphatic heterocycles. The number of anilines is 1. The number of nitrogens with zero attached hydrogens (tertiary/aromatic N) is 1. The molecule has 0 spiro atoms. The van der Waals surface area contributed by atoms with Crippen molar-refractivity contribution < 1.29 is 31.0 Å². The number of sulfonamides is 1. The van der Waals surface area contributed by atoms with Crippen molar-refractivity contribution in [3.05, 3.63) is 52.1 Å². The molecular weight excluding hydrogens is 411 g/mol. The molecule has 0 aromatic heterocycles. The van der Waals surface area contributed by atoms with E-state index in [1.807, 2.05) is 0 Å². The minimum atomic E-state index is -4.98. The number of methoxy groups -OCH3 is 1. The maximum Gasteiger partial charge on any atom is 0.301 e. The smallest absolute Gasteiger partial charge is 0.301 e. The number of nitro benzene ring substituents is 1. The van der Waals surface area contributed by atoms with Crippen molar-refractivity contribution in [3.63, 3.8) is 0 Å². The average molecular weight is 425 g/mol. The van der Waals surface area contributed by atoms with E-state index in [4.69, 9.17) is 4.74 Å². The molecule has 0 saturated carbocycles. The van der Waals surface area contributed by atoms with E-state index in [1.54, 1.807) is 19.1 Å². The van der Waals surface area contributed by atoms with Crippen molar-refractivity contribution in [2.24, 2.45) is 0 Å². The number of aryl methyl sites for hydroxylation is 1. The normalized spacial score (nSPS) is 11.4. The summed E-state index contributed by atoms with van der Waals surface area (Å²) in [6.45, 7) is 1.77. The van der Waals surface area contributed by atoms with E-state index >= 15 is 0 Å². The Morgan fingerprint density at radius 1 is 1.11 bits per heavy atom. The van der Waals surface area contributed by atoms with Crippen molar-refractivity contribution in [2.75, 3.05) is 11.8 Å². The van der Waals surface area contributed by atoms with Gasteiger partial charge in [0.15, 0.2) is 4.90 Å². The van der Waals surface area contributed by atoms with Crippen LogP contribution < -0.4 is 9.46 Å². The zero-order valence-electron chi connectivity index (χ0n) is 14.5. The molecule has 141 valence electrons. The molecule has 2 aromatic rings. The number of ether oxygens (including phenoxy) is 1. The third-order valence-electron chi connectivity index (χ3n) is 3.33. The summed E-state index contributed by atoms with van der Waals surface area (Å²) in [5.41, 5.74) is -0.514. The average Bonchev–Trinajstić information content (AvgIpc) is 2.53. The second-order valence-electron chi connectivity index (χ2n) is 5.17. The summed E-state index contributed by atoms with van der Waals surface area (Å²) in [7, 11) is -8.00. The fourth-order valence-corrected chi connectivity index (χ4v) is 3.79. The molecule has 0 unspecified atom stereocenters. The number of hydrogen-bond acceptors (Lipinski definition) is 7. The van der Waals surface area contributed by atoms with Crippen molar-refractivity contribution in [3.8, 4) is 5.75 Å². The van der Waals surface area contributed by atoms with Crippen LogP contribution in [0.2, 0.25) is 0 Å². The van der Waals surface area contributed by atoms with Gasteiger partial charge in [-0.25, -0.2) is 8.42 Å². The largest absolute Gasteiger partial charge is 0.494 e. The predicted molar refractivity (Wildman–Crippen MR) is 97.2 cm³/mol. The van der Waals surface area contributed by atoms with E-state index < -0.39 is 35.6 Å². The maximum atomic E-state index is 12.4. The molecule has 0 amide bonds. The number of nitro groups is 1. The molecule has 1 radical (unpaired) electrons. The zero-order valence-corrected chi connectivity index (χ0v) is 18.2. The molecule has 0 aliphatic rings. The summed E-state index contributed by atoms with van der Waals surface area (Å²) >= 11 is 0. The number of benzene rings is 2. The zero-order chi connectivity index (χ0) is 19.7.